The van der Waals surface area contributed by atoms with Crippen LogP contribution in [-0.4, -0.2) is 48.7 Å². The number of ether oxygens (including phenoxy) is 1. The van der Waals surface area contributed by atoms with E-state index in [4.69, 9.17) is 4.74 Å². The van der Waals surface area contributed by atoms with E-state index >= 15 is 0 Å². The second kappa shape index (κ2) is 6.54. The van der Waals surface area contributed by atoms with Gasteiger partial charge < -0.3 is 15.0 Å². The predicted molar refractivity (Wildman–Crippen MR) is 74.1 cm³/mol. The third-order valence-electron chi connectivity index (χ3n) is 2.92. The number of nitrogens with zero attached hydrogens (tertiary/aromatic N) is 3. The molecule has 0 aliphatic heterocycles. The van der Waals surface area contributed by atoms with Crippen molar-refractivity contribution in [1.82, 2.24) is 14.9 Å². The Morgan fingerprint density at radius 3 is 2.50 bits per heavy atom. The molecule has 0 aliphatic carbocycles. The van der Waals surface area contributed by atoms with Gasteiger partial charge in [-0.1, -0.05) is 13.8 Å². The van der Waals surface area contributed by atoms with Crippen molar-refractivity contribution in [1.29, 1.82) is 0 Å². The van der Waals surface area contributed by atoms with Crippen molar-refractivity contribution in [3.63, 3.8) is 0 Å². The Kier molecular flexibility index (Phi) is 5.34. The Bertz CT molecular complexity index is 379. The van der Waals surface area contributed by atoms with E-state index < -0.39 is 0 Å². The molecule has 18 heavy (non-hydrogen) atoms. The molecule has 0 spiro atoms. The smallest absolute Gasteiger partial charge is 0.221 e. The summed E-state index contributed by atoms with van der Waals surface area (Å²) in [6.45, 7) is 7.33. The Hall–Kier alpha value is -1.36. The van der Waals surface area contributed by atoms with Gasteiger partial charge in [0.25, 0.3) is 0 Å². The van der Waals surface area contributed by atoms with Gasteiger partial charge in [0.05, 0.1) is 12.7 Å². The number of methoxy groups -OCH3 is 1. The van der Waals surface area contributed by atoms with Crippen molar-refractivity contribution < 1.29 is 4.74 Å². The van der Waals surface area contributed by atoms with Crippen LogP contribution in [-0.2, 0) is 0 Å². The van der Waals surface area contributed by atoms with E-state index in [1.807, 2.05) is 6.92 Å². The molecule has 0 bridgehead atoms. The van der Waals surface area contributed by atoms with E-state index in [-0.39, 0.29) is 0 Å². The zero-order chi connectivity index (χ0) is 13.7. The van der Waals surface area contributed by atoms with Crippen LogP contribution in [0.15, 0.2) is 6.33 Å². The Labute approximate surface area is 110 Å². The fourth-order valence-corrected chi connectivity index (χ4v) is 1.78. The second-order valence-electron chi connectivity index (χ2n) is 5.11. The quantitative estimate of drug-likeness (QED) is 0.836. The summed E-state index contributed by atoms with van der Waals surface area (Å²) in [5.74, 6) is 2.00. The highest BCUT2D eigenvalue weighted by Crippen LogP contribution is 2.21. The maximum Gasteiger partial charge on any atom is 0.221 e. The van der Waals surface area contributed by atoms with E-state index in [0.29, 0.717) is 17.8 Å². The van der Waals surface area contributed by atoms with Crippen LogP contribution in [0.2, 0.25) is 0 Å². The van der Waals surface area contributed by atoms with Crippen LogP contribution in [0.25, 0.3) is 0 Å². The number of rotatable bonds is 6. The molecule has 5 nitrogen and oxygen atoms in total. The molecular weight excluding hydrogens is 228 g/mol. The van der Waals surface area contributed by atoms with Crippen LogP contribution >= 0.6 is 0 Å². The summed E-state index contributed by atoms with van der Waals surface area (Å²) in [7, 11) is 5.77. The number of aromatic nitrogens is 2. The van der Waals surface area contributed by atoms with Gasteiger partial charge in [0, 0.05) is 12.6 Å². The van der Waals surface area contributed by atoms with Crippen LogP contribution < -0.4 is 10.1 Å². The first kappa shape index (κ1) is 14.7. The zero-order valence-corrected chi connectivity index (χ0v) is 12.2. The molecule has 1 atom stereocenters. The van der Waals surface area contributed by atoms with Crippen LogP contribution in [0.1, 0.15) is 19.4 Å². The van der Waals surface area contributed by atoms with Gasteiger partial charge in [0.1, 0.15) is 12.1 Å². The molecule has 0 aromatic carbocycles. The molecule has 0 aliphatic rings. The molecular formula is C13H24N4O. The molecule has 0 amide bonds. The zero-order valence-electron chi connectivity index (χ0n) is 12.2. The number of hydrogen-bond donors (Lipinski definition) is 1. The highest BCUT2D eigenvalue weighted by molar-refractivity contribution is 5.48. The van der Waals surface area contributed by atoms with E-state index in [9.17, 15) is 0 Å². The van der Waals surface area contributed by atoms with Gasteiger partial charge in [0.2, 0.25) is 5.88 Å². The molecule has 1 aromatic heterocycles. The Balaban J connectivity index is 2.87. The van der Waals surface area contributed by atoms with Crippen molar-refractivity contribution in [3.05, 3.63) is 11.9 Å². The minimum absolute atomic E-state index is 0.346. The third kappa shape index (κ3) is 3.84. The molecule has 1 N–H and O–H groups in total. The lowest BCUT2D eigenvalue weighted by atomic mass is 10.0. The minimum atomic E-state index is 0.346. The lowest BCUT2D eigenvalue weighted by Gasteiger charge is -2.26. The fraction of sp³-hybridized carbons (Fsp3) is 0.692. The van der Waals surface area contributed by atoms with Crippen LogP contribution in [0, 0.1) is 12.8 Å². The van der Waals surface area contributed by atoms with Gasteiger partial charge in [-0.2, -0.15) is 0 Å². The van der Waals surface area contributed by atoms with Crippen LogP contribution in [0.3, 0.4) is 0 Å². The summed E-state index contributed by atoms with van der Waals surface area (Å²) in [6.07, 6.45) is 1.53. The topological polar surface area (TPSA) is 50.3 Å². The molecule has 1 heterocycles. The Morgan fingerprint density at radius 2 is 2.00 bits per heavy atom. The van der Waals surface area contributed by atoms with E-state index in [2.05, 4.69) is 48.1 Å². The molecule has 0 saturated heterocycles. The van der Waals surface area contributed by atoms with Gasteiger partial charge in [-0.25, -0.2) is 9.97 Å². The standard InChI is InChI=1S/C13H24N4O/c1-9(2)11(7-17(4)5)16-12-10(3)13(18-6)15-8-14-12/h8-9,11H,7H2,1-6H3,(H,14,15,16). The van der Waals surface area contributed by atoms with Crippen molar-refractivity contribution in [2.45, 2.75) is 26.8 Å². The average molecular weight is 252 g/mol. The summed E-state index contributed by atoms with van der Waals surface area (Å²) in [5.41, 5.74) is 0.949. The molecule has 0 saturated carbocycles. The number of anilines is 1. The summed E-state index contributed by atoms with van der Waals surface area (Å²) >= 11 is 0. The molecule has 5 heteroatoms. The van der Waals surface area contributed by atoms with Crippen molar-refractivity contribution in [3.8, 4) is 5.88 Å². The number of likely N-dealkylation sites (N-methyl/N-ethyl adjacent to an activating group) is 1. The normalized spacial score (nSPS) is 12.9. The highest BCUT2D eigenvalue weighted by Gasteiger charge is 2.17. The molecule has 1 aromatic rings. The highest BCUT2D eigenvalue weighted by atomic mass is 16.5. The molecule has 0 fully saturated rings. The van der Waals surface area contributed by atoms with Crippen molar-refractivity contribution in [2.75, 3.05) is 33.1 Å². The number of hydrogen-bond acceptors (Lipinski definition) is 5. The maximum absolute atomic E-state index is 5.21. The minimum Gasteiger partial charge on any atom is -0.481 e. The van der Waals surface area contributed by atoms with Gasteiger partial charge >= 0.3 is 0 Å². The summed E-state index contributed by atoms with van der Waals surface area (Å²) in [5, 5.41) is 3.48. The lowest BCUT2D eigenvalue weighted by molar-refractivity contribution is 0.343. The van der Waals surface area contributed by atoms with Crippen LogP contribution in [0.5, 0.6) is 5.88 Å². The summed E-state index contributed by atoms with van der Waals surface area (Å²) in [6, 6.07) is 0.346. The van der Waals surface area contributed by atoms with E-state index in [1.54, 1.807) is 7.11 Å². The monoisotopic (exact) mass is 252 g/mol. The molecule has 0 radical (unpaired) electrons. The first-order chi connectivity index (χ1) is 8.45. The van der Waals surface area contributed by atoms with Gasteiger partial charge in [0.15, 0.2) is 0 Å². The third-order valence-corrected chi connectivity index (χ3v) is 2.92. The largest absolute Gasteiger partial charge is 0.481 e. The van der Waals surface area contributed by atoms with E-state index in [1.165, 1.54) is 6.33 Å². The number of nitrogens with one attached hydrogen (secondary N) is 1. The maximum atomic E-state index is 5.21. The average Bonchev–Trinajstić information content (AvgIpc) is 2.30. The SMILES string of the molecule is COc1ncnc(NC(CN(C)C)C(C)C)c1C. The first-order valence-electron chi connectivity index (χ1n) is 6.22. The second-order valence-corrected chi connectivity index (χ2v) is 5.11. The molecule has 1 rings (SSSR count). The van der Waals surface area contributed by atoms with Gasteiger partial charge in [-0.15, -0.1) is 0 Å². The van der Waals surface area contributed by atoms with Gasteiger partial charge in [-0.3, -0.25) is 0 Å². The predicted octanol–water partition coefficient (Wildman–Crippen LogP) is 1.79. The first-order valence-corrected chi connectivity index (χ1v) is 6.22. The van der Waals surface area contributed by atoms with Crippen molar-refractivity contribution >= 4 is 5.82 Å². The van der Waals surface area contributed by atoms with E-state index in [0.717, 1.165) is 17.9 Å². The van der Waals surface area contributed by atoms with Crippen molar-refractivity contribution in [2.24, 2.45) is 5.92 Å². The molecule has 1 unspecified atom stereocenters. The van der Waals surface area contributed by atoms with Gasteiger partial charge in [-0.05, 0) is 26.9 Å². The fourth-order valence-electron chi connectivity index (χ4n) is 1.78. The molecule has 102 valence electrons. The van der Waals surface area contributed by atoms with Crippen LogP contribution in [0.4, 0.5) is 5.82 Å². The lowest BCUT2D eigenvalue weighted by Crippen LogP contribution is -2.36. The summed E-state index contributed by atoms with van der Waals surface area (Å²) < 4.78 is 5.21. The Morgan fingerprint density at radius 1 is 1.33 bits per heavy atom. The summed E-state index contributed by atoms with van der Waals surface area (Å²) in [4.78, 5) is 10.6.